The highest BCUT2D eigenvalue weighted by Gasteiger charge is 2.46. The summed E-state index contributed by atoms with van der Waals surface area (Å²) >= 11 is 0. The first-order valence-electron chi connectivity index (χ1n) is 8.36. The molecule has 2 saturated carbocycles. The molecule has 0 aromatic heterocycles. The van der Waals surface area contributed by atoms with Gasteiger partial charge in [0.15, 0.2) is 0 Å². The normalized spacial score (nSPS) is 37.3. The summed E-state index contributed by atoms with van der Waals surface area (Å²) in [4.78, 5) is 14.6. The summed E-state index contributed by atoms with van der Waals surface area (Å²) in [5.74, 6) is -0.161. The van der Waals surface area contributed by atoms with E-state index in [1.807, 2.05) is 0 Å². The van der Waals surface area contributed by atoms with E-state index < -0.39 is 5.54 Å². The van der Waals surface area contributed by atoms with E-state index in [4.69, 9.17) is 10.5 Å². The number of primary amides is 1. The Balaban J connectivity index is 1.70. The first-order chi connectivity index (χ1) is 9.90. The molecule has 3 fully saturated rings. The monoisotopic (exact) mass is 295 g/mol. The third-order valence-electron chi connectivity index (χ3n) is 5.23. The van der Waals surface area contributed by atoms with Gasteiger partial charge in [0.2, 0.25) is 5.91 Å². The van der Waals surface area contributed by atoms with Crippen LogP contribution in [0.25, 0.3) is 0 Å². The van der Waals surface area contributed by atoms with Crippen LogP contribution in [0.4, 0.5) is 0 Å². The number of hydrogen-bond donors (Lipinski definition) is 2. The molecule has 0 bridgehead atoms. The average Bonchev–Trinajstić information content (AvgIpc) is 3.21. The lowest BCUT2D eigenvalue weighted by atomic mass is 9.77. The lowest BCUT2D eigenvalue weighted by Crippen LogP contribution is -2.63. The first kappa shape index (κ1) is 15.3. The van der Waals surface area contributed by atoms with E-state index in [1.54, 1.807) is 0 Å². The number of amides is 1. The Morgan fingerprint density at radius 3 is 2.71 bits per heavy atom. The number of carbonyl (C=O) groups is 1. The number of morpholine rings is 1. The maximum Gasteiger partial charge on any atom is 0.237 e. The van der Waals surface area contributed by atoms with Crippen LogP contribution >= 0.6 is 0 Å². The van der Waals surface area contributed by atoms with Gasteiger partial charge in [-0.2, -0.15) is 0 Å². The second-order valence-corrected chi connectivity index (χ2v) is 7.69. The van der Waals surface area contributed by atoms with Gasteiger partial charge >= 0.3 is 0 Å². The standard InChI is InChI=1S/C16H29N3O2/c1-15(2)11-19(8-9-21-15)13-4-3-7-16(10-13,14(17)20)18-12-5-6-12/h12-13,18H,3-11H2,1-2H3,(H2,17,20). The number of carbonyl (C=O) groups excluding carboxylic acids is 1. The average molecular weight is 295 g/mol. The van der Waals surface area contributed by atoms with Crippen LogP contribution in [-0.4, -0.2) is 53.7 Å². The molecule has 0 aromatic rings. The Morgan fingerprint density at radius 2 is 2.10 bits per heavy atom. The summed E-state index contributed by atoms with van der Waals surface area (Å²) in [6.45, 7) is 6.98. The first-order valence-corrected chi connectivity index (χ1v) is 8.36. The molecule has 1 heterocycles. The van der Waals surface area contributed by atoms with Crippen LogP contribution in [0.3, 0.4) is 0 Å². The van der Waals surface area contributed by atoms with E-state index in [0.717, 1.165) is 45.4 Å². The van der Waals surface area contributed by atoms with Crippen LogP contribution in [0.1, 0.15) is 52.4 Å². The molecule has 2 unspecified atom stereocenters. The zero-order valence-electron chi connectivity index (χ0n) is 13.4. The molecule has 3 rings (SSSR count). The van der Waals surface area contributed by atoms with Gasteiger partial charge in [0, 0.05) is 25.2 Å². The highest BCUT2D eigenvalue weighted by molar-refractivity contribution is 5.85. The van der Waals surface area contributed by atoms with Crippen LogP contribution in [0, 0.1) is 0 Å². The molecule has 3 aliphatic rings. The zero-order valence-corrected chi connectivity index (χ0v) is 13.4. The highest BCUT2D eigenvalue weighted by Crippen LogP contribution is 2.35. The molecule has 2 aliphatic carbocycles. The zero-order chi connectivity index (χ0) is 15.1. The maximum absolute atomic E-state index is 12.1. The van der Waals surface area contributed by atoms with Crippen LogP contribution in [0.2, 0.25) is 0 Å². The van der Waals surface area contributed by atoms with Gasteiger partial charge in [-0.3, -0.25) is 9.69 Å². The fraction of sp³-hybridized carbons (Fsp3) is 0.938. The maximum atomic E-state index is 12.1. The molecule has 2 atom stereocenters. The number of rotatable bonds is 4. The summed E-state index contributed by atoms with van der Waals surface area (Å²) in [5, 5.41) is 3.56. The second-order valence-electron chi connectivity index (χ2n) is 7.69. The van der Waals surface area contributed by atoms with Crippen molar-refractivity contribution in [1.29, 1.82) is 0 Å². The molecule has 3 N–H and O–H groups in total. The summed E-state index contributed by atoms with van der Waals surface area (Å²) in [6.07, 6.45) is 6.36. The summed E-state index contributed by atoms with van der Waals surface area (Å²) < 4.78 is 5.81. The Labute approximate surface area is 127 Å². The van der Waals surface area contributed by atoms with Crippen LogP contribution in [0.5, 0.6) is 0 Å². The van der Waals surface area contributed by atoms with E-state index in [0.29, 0.717) is 12.1 Å². The summed E-state index contributed by atoms with van der Waals surface area (Å²) in [5.41, 5.74) is 5.21. The SMILES string of the molecule is CC1(C)CN(C2CCCC(NC3CC3)(C(N)=O)C2)CCO1. The van der Waals surface area contributed by atoms with Gasteiger partial charge in [-0.1, -0.05) is 0 Å². The fourth-order valence-corrected chi connectivity index (χ4v) is 3.97. The lowest BCUT2D eigenvalue weighted by molar-refractivity contribution is -0.129. The number of nitrogens with one attached hydrogen (secondary N) is 1. The van der Waals surface area contributed by atoms with Gasteiger partial charge in [0.25, 0.3) is 0 Å². The molecular formula is C16H29N3O2. The van der Waals surface area contributed by atoms with Crippen molar-refractivity contribution in [2.75, 3.05) is 19.7 Å². The molecule has 5 heteroatoms. The van der Waals surface area contributed by atoms with E-state index in [9.17, 15) is 4.79 Å². The van der Waals surface area contributed by atoms with Gasteiger partial charge in [-0.15, -0.1) is 0 Å². The Kier molecular flexibility index (Phi) is 4.01. The molecule has 1 aliphatic heterocycles. The van der Waals surface area contributed by atoms with Crippen molar-refractivity contribution < 1.29 is 9.53 Å². The lowest BCUT2D eigenvalue weighted by Gasteiger charge is -2.47. The van der Waals surface area contributed by atoms with Gasteiger partial charge in [-0.05, 0) is 52.4 Å². The molecule has 1 amide bonds. The Bertz CT molecular complexity index is 408. The van der Waals surface area contributed by atoms with Crippen LogP contribution < -0.4 is 11.1 Å². The summed E-state index contributed by atoms with van der Waals surface area (Å²) in [6, 6.07) is 0.957. The minimum atomic E-state index is -0.480. The molecule has 5 nitrogen and oxygen atoms in total. The highest BCUT2D eigenvalue weighted by atomic mass is 16.5. The number of nitrogens with two attached hydrogens (primary N) is 1. The Hall–Kier alpha value is -0.650. The minimum absolute atomic E-state index is 0.0883. The summed E-state index contributed by atoms with van der Waals surface area (Å²) in [7, 11) is 0. The van der Waals surface area contributed by atoms with Crippen molar-refractivity contribution in [2.24, 2.45) is 5.73 Å². The topological polar surface area (TPSA) is 67.6 Å². The molecular weight excluding hydrogens is 266 g/mol. The number of ether oxygens (including phenoxy) is 1. The molecule has 120 valence electrons. The number of nitrogens with zero attached hydrogens (tertiary/aromatic N) is 1. The predicted molar refractivity (Wildman–Crippen MR) is 81.9 cm³/mol. The van der Waals surface area contributed by atoms with Crippen molar-refractivity contribution in [1.82, 2.24) is 10.2 Å². The van der Waals surface area contributed by atoms with Gasteiger partial charge in [0.1, 0.15) is 0 Å². The quantitative estimate of drug-likeness (QED) is 0.812. The molecule has 0 radical (unpaired) electrons. The van der Waals surface area contributed by atoms with Crippen molar-refractivity contribution in [3.63, 3.8) is 0 Å². The third-order valence-corrected chi connectivity index (χ3v) is 5.23. The van der Waals surface area contributed by atoms with E-state index >= 15 is 0 Å². The molecule has 21 heavy (non-hydrogen) atoms. The molecule has 0 spiro atoms. The molecule has 1 saturated heterocycles. The van der Waals surface area contributed by atoms with E-state index in [-0.39, 0.29) is 11.5 Å². The van der Waals surface area contributed by atoms with E-state index in [2.05, 4.69) is 24.1 Å². The van der Waals surface area contributed by atoms with Crippen molar-refractivity contribution in [2.45, 2.75) is 75.6 Å². The van der Waals surface area contributed by atoms with Gasteiger partial charge < -0.3 is 15.8 Å². The number of hydrogen-bond acceptors (Lipinski definition) is 4. The van der Waals surface area contributed by atoms with Gasteiger partial charge in [-0.25, -0.2) is 0 Å². The van der Waals surface area contributed by atoms with Gasteiger partial charge in [0.05, 0.1) is 17.7 Å². The third kappa shape index (κ3) is 3.41. The minimum Gasteiger partial charge on any atom is -0.373 e. The van der Waals surface area contributed by atoms with Crippen molar-refractivity contribution in [3.05, 3.63) is 0 Å². The van der Waals surface area contributed by atoms with E-state index in [1.165, 1.54) is 12.8 Å². The largest absolute Gasteiger partial charge is 0.373 e. The van der Waals surface area contributed by atoms with Crippen LogP contribution in [-0.2, 0) is 9.53 Å². The fourth-order valence-electron chi connectivity index (χ4n) is 3.97. The van der Waals surface area contributed by atoms with Crippen molar-refractivity contribution in [3.8, 4) is 0 Å². The van der Waals surface area contributed by atoms with Crippen molar-refractivity contribution >= 4 is 5.91 Å². The predicted octanol–water partition coefficient (Wildman–Crippen LogP) is 1.02. The Morgan fingerprint density at radius 1 is 1.33 bits per heavy atom. The van der Waals surface area contributed by atoms with Crippen LogP contribution in [0.15, 0.2) is 0 Å². The smallest absolute Gasteiger partial charge is 0.237 e. The molecule has 0 aromatic carbocycles. The second kappa shape index (κ2) is 5.52.